The van der Waals surface area contributed by atoms with Crippen molar-refractivity contribution in [3.63, 3.8) is 0 Å². The highest BCUT2D eigenvalue weighted by Gasteiger charge is 2.27. The lowest BCUT2D eigenvalue weighted by Gasteiger charge is -2.30. The molecule has 1 fully saturated rings. The summed E-state index contributed by atoms with van der Waals surface area (Å²) in [5.41, 5.74) is 1.56. The summed E-state index contributed by atoms with van der Waals surface area (Å²) in [6, 6.07) is 7.65. The number of nitrogens with zero attached hydrogens (tertiary/aromatic N) is 1. The Kier molecular flexibility index (Phi) is 5.38. The number of hydrogen-bond donors (Lipinski definition) is 1. The minimum atomic E-state index is -0.422. The fourth-order valence-corrected chi connectivity index (χ4v) is 3.40. The van der Waals surface area contributed by atoms with Gasteiger partial charge in [0, 0.05) is 30.5 Å². The molecule has 0 radical (unpaired) electrons. The minimum Gasteiger partial charge on any atom is -0.460 e. The molecule has 0 atom stereocenters. The minimum absolute atomic E-state index is 0.0758. The second-order valence-electron chi connectivity index (χ2n) is 6.29. The Morgan fingerprint density at radius 3 is 2.68 bits per heavy atom. The van der Waals surface area contributed by atoms with Gasteiger partial charge in [0.2, 0.25) is 11.7 Å². The van der Waals surface area contributed by atoms with Crippen LogP contribution in [0.15, 0.2) is 28.7 Å². The number of carbonyl (C=O) groups is 2. The molecule has 0 saturated carbocycles. The smallest absolute Gasteiger partial charge is 0.374 e. The van der Waals surface area contributed by atoms with Gasteiger partial charge in [0.1, 0.15) is 5.58 Å². The van der Waals surface area contributed by atoms with Gasteiger partial charge in [0.05, 0.1) is 6.61 Å². The SMILES string of the molecule is CCOC(=O)c1oc2ccccc2c1CN1CCC(C(=O)NC)CC1. The van der Waals surface area contributed by atoms with Crippen molar-refractivity contribution >= 4 is 22.8 Å². The molecule has 1 saturated heterocycles. The van der Waals surface area contributed by atoms with Crippen LogP contribution in [0, 0.1) is 5.92 Å². The van der Waals surface area contributed by atoms with Crippen LogP contribution < -0.4 is 5.32 Å². The van der Waals surface area contributed by atoms with E-state index in [1.165, 1.54) is 0 Å². The van der Waals surface area contributed by atoms with E-state index in [2.05, 4.69) is 10.2 Å². The number of fused-ring (bicyclic) bond motifs is 1. The molecule has 0 unspecified atom stereocenters. The molecular formula is C19H24N2O4. The van der Waals surface area contributed by atoms with Crippen LogP contribution in [-0.4, -0.2) is 43.5 Å². The zero-order valence-electron chi connectivity index (χ0n) is 14.7. The third-order valence-electron chi connectivity index (χ3n) is 4.75. The summed E-state index contributed by atoms with van der Waals surface area (Å²) in [5, 5.41) is 3.67. The van der Waals surface area contributed by atoms with Crippen LogP contribution in [0.3, 0.4) is 0 Å². The maximum absolute atomic E-state index is 12.3. The van der Waals surface area contributed by atoms with Gasteiger partial charge in [-0.2, -0.15) is 0 Å². The third kappa shape index (κ3) is 3.69. The van der Waals surface area contributed by atoms with E-state index in [-0.39, 0.29) is 17.6 Å². The molecule has 1 aliphatic rings. The third-order valence-corrected chi connectivity index (χ3v) is 4.75. The molecule has 0 bridgehead atoms. The van der Waals surface area contributed by atoms with Crippen LogP contribution in [0.25, 0.3) is 11.0 Å². The molecule has 1 amide bonds. The van der Waals surface area contributed by atoms with Crippen molar-refractivity contribution in [2.75, 3.05) is 26.7 Å². The van der Waals surface area contributed by atoms with Gasteiger partial charge < -0.3 is 14.5 Å². The van der Waals surface area contributed by atoms with E-state index in [9.17, 15) is 9.59 Å². The zero-order valence-corrected chi connectivity index (χ0v) is 14.7. The summed E-state index contributed by atoms with van der Waals surface area (Å²) in [4.78, 5) is 26.3. The van der Waals surface area contributed by atoms with E-state index in [0.29, 0.717) is 18.7 Å². The quantitative estimate of drug-likeness (QED) is 0.844. The van der Waals surface area contributed by atoms with Crippen molar-refractivity contribution < 1.29 is 18.7 Å². The van der Waals surface area contributed by atoms with Crippen LogP contribution in [0.2, 0.25) is 0 Å². The van der Waals surface area contributed by atoms with Gasteiger partial charge >= 0.3 is 5.97 Å². The van der Waals surface area contributed by atoms with Crippen molar-refractivity contribution in [2.45, 2.75) is 26.3 Å². The van der Waals surface area contributed by atoms with E-state index in [0.717, 1.165) is 36.9 Å². The maximum Gasteiger partial charge on any atom is 0.374 e. The van der Waals surface area contributed by atoms with Crippen molar-refractivity contribution in [3.05, 3.63) is 35.6 Å². The Labute approximate surface area is 147 Å². The molecule has 6 nitrogen and oxygen atoms in total. The number of nitrogens with one attached hydrogen (secondary N) is 1. The first-order chi connectivity index (χ1) is 12.1. The summed E-state index contributed by atoms with van der Waals surface area (Å²) in [5.74, 6) is 0.0536. The Balaban J connectivity index is 1.80. The number of rotatable bonds is 5. The molecule has 1 N–H and O–H groups in total. The van der Waals surface area contributed by atoms with Crippen LogP contribution in [-0.2, 0) is 16.1 Å². The molecule has 134 valence electrons. The Hall–Kier alpha value is -2.34. The molecule has 0 aliphatic carbocycles. The number of ether oxygens (including phenoxy) is 1. The Bertz CT molecular complexity index is 760. The van der Waals surface area contributed by atoms with Crippen LogP contribution in [0.1, 0.15) is 35.9 Å². The van der Waals surface area contributed by atoms with Gasteiger partial charge in [-0.3, -0.25) is 9.69 Å². The maximum atomic E-state index is 12.3. The molecule has 1 aromatic carbocycles. The van der Waals surface area contributed by atoms with Gasteiger partial charge in [-0.1, -0.05) is 18.2 Å². The predicted molar refractivity (Wildman–Crippen MR) is 94.2 cm³/mol. The fourth-order valence-electron chi connectivity index (χ4n) is 3.40. The number of likely N-dealkylation sites (tertiary alicyclic amines) is 1. The van der Waals surface area contributed by atoms with E-state index < -0.39 is 5.97 Å². The lowest BCUT2D eigenvalue weighted by molar-refractivity contribution is -0.125. The normalized spacial score (nSPS) is 16.1. The van der Waals surface area contributed by atoms with Crippen molar-refractivity contribution in [2.24, 2.45) is 5.92 Å². The second-order valence-corrected chi connectivity index (χ2v) is 6.29. The molecule has 2 aromatic rings. The second kappa shape index (κ2) is 7.70. The zero-order chi connectivity index (χ0) is 17.8. The summed E-state index contributed by atoms with van der Waals surface area (Å²) in [7, 11) is 1.68. The standard InChI is InChI=1S/C19H24N2O4/c1-3-24-19(23)17-15(14-6-4-5-7-16(14)25-17)12-21-10-8-13(9-11-21)18(22)20-2/h4-7,13H,3,8-12H2,1-2H3,(H,20,22). The molecule has 3 rings (SSSR count). The van der Waals surface area contributed by atoms with Gasteiger partial charge in [-0.15, -0.1) is 0 Å². The van der Waals surface area contributed by atoms with Crippen LogP contribution >= 0.6 is 0 Å². The number of hydrogen-bond acceptors (Lipinski definition) is 5. The molecule has 2 heterocycles. The molecule has 25 heavy (non-hydrogen) atoms. The van der Waals surface area contributed by atoms with Crippen molar-refractivity contribution in [1.29, 1.82) is 0 Å². The lowest BCUT2D eigenvalue weighted by atomic mass is 9.95. The molecule has 0 spiro atoms. The molecule has 1 aromatic heterocycles. The Morgan fingerprint density at radius 1 is 1.28 bits per heavy atom. The van der Waals surface area contributed by atoms with E-state index >= 15 is 0 Å². The highest BCUT2D eigenvalue weighted by molar-refractivity contribution is 5.96. The van der Waals surface area contributed by atoms with E-state index in [1.54, 1.807) is 14.0 Å². The first kappa shape index (κ1) is 17.5. The summed E-state index contributed by atoms with van der Waals surface area (Å²) in [6.45, 7) is 4.35. The number of piperidine rings is 1. The monoisotopic (exact) mass is 344 g/mol. The van der Waals surface area contributed by atoms with Gasteiger partial charge in [-0.05, 0) is 38.9 Å². The van der Waals surface area contributed by atoms with Gasteiger partial charge in [0.15, 0.2) is 0 Å². The molecular weight excluding hydrogens is 320 g/mol. The number of amides is 1. The number of carbonyl (C=O) groups excluding carboxylic acids is 2. The summed E-state index contributed by atoms with van der Waals surface area (Å²) >= 11 is 0. The predicted octanol–water partition coefficient (Wildman–Crippen LogP) is 2.57. The largest absolute Gasteiger partial charge is 0.460 e. The first-order valence-electron chi connectivity index (χ1n) is 8.75. The summed E-state index contributed by atoms with van der Waals surface area (Å²) < 4.78 is 10.9. The van der Waals surface area contributed by atoms with Crippen molar-refractivity contribution in [3.8, 4) is 0 Å². The van der Waals surface area contributed by atoms with Gasteiger partial charge in [-0.25, -0.2) is 4.79 Å². The molecule has 6 heteroatoms. The summed E-state index contributed by atoms with van der Waals surface area (Å²) in [6.07, 6.45) is 1.65. The Morgan fingerprint density at radius 2 is 2.00 bits per heavy atom. The number of esters is 1. The average Bonchev–Trinajstić information content (AvgIpc) is 3.01. The van der Waals surface area contributed by atoms with Gasteiger partial charge in [0.25, 0.3) is 0 Å². The number of benzene rings is 1. The van der Waals surface area contributed by atoms with Crippen LogP contribution in [0.4, 0.5) is 0 Å². The first-order valence-corrected chi connectivity index (χ1v) is 8.75. The average molecular weight is 344 g/mol. The van der Waals surface area contributed by atoms with Crippen LogP contribution in [0.5, 0.6) is 0 Å². The van der Waals surface area contributed by atoms with E-state index in [1.807, 2.05) is 24.3 Å². The highest BCUT2D eigenvalue weighted by Crippen LogP contribution is 2.29. The molecule has 1 aliphatic heterocycles. The lowest BCUT2D eigenvalue weighted by Crippen LogP contribution is -2.39. The topological polar surface area (TPSA) is 71.8 Å². The number of para-hydroxylation sites is 1. The van der Waals surface area contributed by atoms with E-state index in [4.69, 9.17) is 9.15 Å². The van der Waals surface area contributed by atoms with Crippen molar-refractivity contribution in [1.82, 2.24) is 10.2 Å². The number of furan rings is 1. The highest BCUT2D eigenvalue weighted by atomic mass is 16.5. The fraction of sp³-hybridized carbons (Fsp3) is 0.474.